The molecule has 2 amide bonds. The number of methoxy groups -OCH3 is 1. The zero-order chi connectivity index (χ0) is 20.5. The number of amides is 2. The van der Waals surface area contributed by atoms with E-state index in [1.54, 1.807) is 24.3 Å². The molecule has 2 heterocycles. The summed E-state index contributed by atoms with van der Waals surface area (Å²) in [6, 6.07) is 6.85. The number of carbonyl (C=O) groups is 2. The highest BCUT2D eigenvalue weighted by atomic mass is 16.5. The van der Waals surface area contributed by atoms with Gasteiger partial charge in [0, 0.05) is 36.5 Å². The van der Waals surface area contributed by atoms with Gasteiger partial charge in [-0.2, -0.15) is 5.10 Å². The molecule has 0 aliphatic heterocycles. The van der Waals surface area contributed by atoms with Crippen LogP contribution in [-0.4, -0.2) is 35.3 Å². The van der Waals surface area contributed by atoms with Crippen LogP contribution in [0.3, 0.4) is 0 Å². The van der Waals surface area contributed by atoms with Gasteiger partial charge in [0.25, 0.3) is 5.91 Å². The molecular weight excluding hydrogens is 372 g/mol. The van der Waals surface area contributed by atoms with Gasteiger partial charge in [-0.1, -0.05) is 0 Å². The van der Waals surface area contributed by atoms with E-state index in [4.69, 9.17) is 9.15 Å². The molecule has 0 fully saturated rings. The van der Waals surface area contributed by atoms with Gasteiger partial charge in [-0.25, -0.2) is 0 Å². The fourth-order valence-electron chi connectivity index (χ4n) is 4.02. The van der Waals surface area contributed by atoms with E-state index in [1.165, 1.54) is 12.8 Å². The Morgan fingerprint density at radius 3 is 2.97 bits per heavy atom. The first-order chi connectivity index (χ1) is 14.0. The van der Waals surface area contributed by atoms with E-state index in [1.807, 2.05) is 18.7 Å². The maximum Gasteiger partial charge on any atom is 0.287 e. The molecule has 8 nitrogen and oxygen atoms in total. The Morgan fingerprint density at radius 1 is 1.34 bits per heavy atom. The Balaban J connectivity index is 1.53. The summed E-state index contributed by atoms with van der Waals surface area (Å²) in [5, 5.41) is 11.1. The predicted octanol–water partition coefficient (Wildman–Crippen LogP) is 2.87. The molecule has 0 saturated heterocycles. The Hall–Kier alpha value is -3.13. The minimum Gasteiger partial charge on any atom is -0.451 e. The van der Waals surface area contributed by atoms with Gasteiger partial charge in [0.05, 0.1) is 11.7 Å². The first-order valence-electron chi connectivity index (χ1n) is 9.62. The van der Waals surface area contributed by atoms with Gasteiger partial charge < -0.3 is 19.8 Å². The van der Waals surface area contributed by atoms with Crippen molar-refractivity contribution in [3.63, 3.8) is 0 Å². The molecule has 29 heavy (non-hydrogen) atoms. The third-order valence-electron chi connectivity index (χ3n) is 5.25. The van der Waals surface area contributed by atoms with Gasteiger partial charge in [0.15, 0.2) is 5.76 Å². The van der Waals surface area contributed by atoms with E-state index in [0.29, 0.717) is 11.3 Å². The molecule has 0 saturated carbocycles. The maximum absolute atomic E-state index is 12.8. The van der Waals surface area contributed by atoms with Crippen LogP contribution in [0.25, 0.3) is 11.0 Å². The van der Waals surface area contributed by atoms with Crippen molar-refractivity contribution in [2.75, 3.05) is 19.0 Å². The normalized spacial score (nSPS) is 15.9. The third-order valence-corrected chi connectivity index (χ3v) is 5.25. The zero-order valence-corrected chi connectivity index (χ0v) is 16.7. The standard InChI is InChI=1S/C21H24N4O4/c1-12-20-15(5-4-6-16(20)25(2)24-12)23-21(27)18-10-13-9-14(7-8-17(13)29-18)22-19(26)11-28-3/h7-10,15H,4-6,11H2,1-3H3,(H,22,26)(H,23,27). The van der Waals surface area contributed by atoms with Crippen molar-refractivity contribution in [1.29, 1.82) is 0 Å². The number of hydrogen-bond donors (Lipinski definition) is 2. The van der Waals surface area contributed by atoms with Gasteiger partial charge in [-0.15, -0.1) is 0 Å². The second-order valence-electron chi connectivity index (χ2n) is 7.33. The number of anilines is 1. The van der Waals surface area contributed by atoms with Crippen LogP contribution in [-0.2, 0) is 23.0 Å². The lowest BCUT2D eigenvalue weighted by Crippen LogP contribution is -2.31. The van der Waals surface area contributed by atoms with Crippen LogP contribution in [0.2, 0.25) is 0 Å². The van der Waals surface area contributed by atoms with E-state index in [9.17, 15) is 9.59 Å². The molecule has 1 atom stereocenters. The summed E-state index contributed by atoms with van der Waals surface area (Å²) < 4.78 is 12.5. The Morgan fingerprint density at radius 2 is 2.17 bits per heavy atom. The van der Waals surface area contributed by atoms with Crippen molar-refractivity contribution in [2.24, 2.45) is 7.05 Å². The molecule has 2 N–H and O–H groups in total. The summed E-state index contributed by atoms with van der Waals surface area (Å²) in [5.74, 6) is -0.255. The molecule has 0 radical (unpaired) electrons. The summed E-state index contributed by atoms with van der Waals surface area (Å²) in [6.07, 6.45) is 2.85. The molecule has 1 aromatic carbocycles. The monoisotopic (exact) mass is 396 g/mol. The van der Waals surface area contributed by atoms with Crippen molar-refractivity contribution in [3.05, 3.63) is 47.0 Å². The van der Waals surface area contributed by atoms with E-state index < -0.39 is 0 Å². The summed E-state index contributed by atoms with van der Waals surface area (Å²) in [6.45, 7) is 1.96. The number of carbonyl (C=O) groups excluding carboxylic acids is 2. The second-order valence-corrected chi connectivity index (χ2v) is 7.33. The summed E-state index contributed by atoms with van der Waals surface area (Å²) in [4.78, 5) is 24.5. The number of rotatable bonds is 5. The Kier molecular flexibility index (Phi) is 5.10. The highest BCUT2D eigenvalue weighted by Crippen LogP contribution is 2.32. The van der Waals surface area contributed by atoms with E-state index in [-0.39, 0.29) is 30.2 Å². The lowest BCUT2D eigenvalue weighted by atomic mass is 9.91. The minimum absolute atomic E-state index is 0.0196. The van der Waals surface area contributed by atoms with Crippen LogP contribution in [0.15, 0.2) is 28.7 Å². The molecule has 4 rings (SSSR count). The highest BCUT2D eigenvalue weighted by molar-refractivity contribution is 5.98. The van der Waals surface area contributed by atoms with E-state index in [0.717, 1.165) is 35.9 Å². The van der Waals surface area contributed by atoms with E-state index >= 15 is 0 Å². The van der Waals surface area contributed by atoms with Gasteiger partial charge in [-0.05, 0) is 50.5 Å². The largest absolute Gasteiger partial charge is 0.451 e. The fraction of sp³-hybridized carbons (Fsp3) is 0.381. The smallest absolute Gasteiger partial charge is 0.287 e. The quantitative estimate of drug-likeness (QED) is 0.691. The number of ether oxygens (including phenoxy) is 1. The van der Waals surface area contributed by atoms with Crippen LogP contribution in [0.4, 0.5) is 5.69 Å². The van der Waals surface area contributed by atoms with Crippen LogP contribution in [0, 0.1) is 6.92 Å². The molecule has 1 aliphatic carbocycles. The van der Waals surface area contributed by atoms with Crippen molar-refractivity contribution >= 4 is 28.5 Å². The molecule has 1 aliphatic rings. The highest BCUT2D eigenvalue weighted by Gasteiger charge is 2.28. The first-order valence-corrected chi connectivity index (χ1v) is 9.62. The minimum atomic E-state index is -0.257. The van der Waals surface area contributed by atoms with Gasteiger partial charge in [-0.3, -0.25) is 14.3 Å². The molecule has 152 valence electrons. The summed E-state index contributed by atoms with van der Waals surface area (Å²) in [5.41, 5.74) is 4.46. The summed E-state index contributed by atoms with van der Waals surface area (Å²) >= 11 is 0. The van der Waals surface area contributed by atoms with Crippen LogP contribution < -0.4 is 10.6 Å². The number of hydrogen-bond acceptors (Lipinski definition) is 5. The third kappa shape index (κ3) is 3.75. The Bertz CT molecular complexity index is 1080. The number of nitrogens with zero attached hydrogens (tertiary/aromatic N) is 2. The average Bonchev–Trinajstić information content (AvgIpc) is 3.23. The molecule has 1 unspecified atom stereocenters. The average molecular weight is 396 g/mol. The van der Waals surface area contributed by atoms with Crippen molar-refractivity contribution in [1.82, 2.24) is 15.1 Å². The zero-order valence-electron chi connectivity index (χ0n) is 16.7. The van der Waals surface area contributed by atoms with Crippen molar-refractivity contribution in [2.45, 2.75) is 32.2 Å². The van der Waals surface area contributed by atoms with Gasteiger partial charge >= 0.3 is 0 Å². The van der Waals surface area contributed by atoms with Crippen LogP contribution in [0.1, 0.15) is 46.4 Å². The first kappa shape index (κ1) is 19.2. The number of furan rings is 1. The molecule has 8 heteroatoms. The van der Waals surface area contributed by atoms with Crippen LogP contribution in [0.5, 0.6) is 0 Å². The summed E-state index contributed by atoms with van der Waals surface area (Å²) in [7, 11) is 3.41. The fourth-order valence-corrected chi connectivity index (χ4v) is 4.02. The number of aromatic nitrogens is 2. The number of benzene rings is 1. The van der Waals surface area contributed by atoms with Gasteiger partial charge in [0.2, 0.25) is 5.91 Å². The van der Waals surface area contributed by atoms with Gasteiger partial charge in [0.1, 0.15) is 12.2 Å². The SMILES string of the molecule is COCC(=O)Nc1ccc2oc(C(=O)NC3CCCc4c3c(C)nn4C)cc2c1. The predicted molar refractivity (Wildman–Crippen MR) is 108 cm³/mol. The second kappa shape index (κ2) is 7.71. The molecule has 0 bridgehead atoms. The number of nitrogens with one attached hydrogen (secondary N) is 2. The van der Waals surface area contributed by atoms with E-state index in [2.05, 4.69) is 15.7 Å². The lowest BCUT2D eigenvalue weighted by molar-refractivity contribution is -0.119. The Labute approximate surface area is 168 Å². The molecule has 3 aromatic rings. The van der Waals surface area contributed by atoms with Crippen LogP contribution >= 0.6 is 0 Å². The van der Waals surface area contributed by atoms with Crippen molar-refractivity contribution < 1.29 is 18.7 Å². The molecule has 2 aromatic heterocycles. The van der Waals surface area contributed by atoms with Crippen molar-refractivity contribution in [3.8, 4) is 0 Å². The molecular formula is C21H24N4O4. The number of fused-ring (bicyclic) bond motifs is 2. The number of aryl methyl sites for hydroxylation is 2. The lowest BCUT2D eigenvalue weighted by Gasteiger charge is -2.24. The topological polar surface area (TPSA) is 98.4 Å². The molecule has 0 spiro atoms. The maximum atomic E-state index is 12.8.